The van der Waals surface area contributed by atoms with Gasteiger partial charge in [0, 0.05) is 30.6 Å². The molecule has 26 heavy (non-hydrogen) atoms. The number of pyridine rings is 1. The summed E-state index contributed by atoms with van der Waals surface area (Å²) in [5.74, 6) is -0.881. The van der Waals surface area contributed by atoms with Gasteiger partial charge < -0.3 is 4.90 Å². The number of hydrogen-bond acceptors (Lipinski definition) is 3. The minimum Gasteiger partial charge on any atom is -0.342 e. The monoisotopic (exact) mass is 361 g/mol. The largest absolute Gasteiger partial charge is 0.397 e. The Hall–Kier alpha value is -2.62. The van der Waals surface area contributed by atoms with Crippen molar-refractivity contribution in [3.8, 4) is 6.07 Å². The lowest BCUT2D eigenvalue weighted by molar-refractivity contribution is -0.162. The van der Waals surface area contributed by atoms with Crippen LogP contribution in [-0.2, 0) is 4.79 Å². The van der Waals surface area contributed by atoms with E-state index in [2.05, 4.69) is 11.1 Å². The minimum atomic E-state index is -4.50. The van der Waals surface area contributed by atoms with Crippen LogP contribution in [0.5, 0.6) is 0 Å². The Kier molecular flexibility index (Phi) is 4.86. The Bertz CT molecular complexity index is 872. The summed E-state index contributed by atoms with van der Waals surface area (Å²) < 4.78 is 37.8. The first-order chi connectivity index (χ1) is 12.3. The van der Waals surface area contributed by atoms with Gasteiger partial charge in [-0.25, -0.2) is 0 Å². The molecule has 2 atom stereocenters. The molecule has 136 valence electrons. The molecule has 1 saturated heterocycles. The van der Waals surface area contributed by atoms with Gasteiger partial charge in [-0.3, -0.25) is 9.78 Å². The molecule has 0 aliphatic carbocycles. The highest BCUT2D eigenvalue weighted by Crippen LogP contribution is 2.35. The number of carbonyl (C=O) groups excluding carboxylic acids is 1. The fourth-order valence-corrected chi connectivity index (χ4v) is 3.70. The second kappa shape index (κ2) is 6.94. The zero-order valence-electron chi connectivity index (χ0n) is 14.3. The van der Waals surface area contributed by atoms with Crippen molar-refractivity contribution in [1.29, 1.82) is 5.26 Å². The zero-order valence-corrected chi connectivity index (χ0v) is 14.3. The fraction of sp³-hybridized carbons (Fsp3) is 0.421. The Balaban J connectivity index is 1.93. The lowest BCUT2D eigenvalue weighted by atomic mass is 9.83. The maximum absolute atomic E-state index is 12.6. The third kappa shape index (κ3) is 3.79. The van der Waals surface area contributed by atoms with E-state index in [9.17, 15) is 23.2 Å². The summed E-state index contributed by atoms with van der Waals surface area (Å²) in [4.78, 5) is 17.6. The van der Waals surface area contributed by atoms with Crippen LogP contribution in [0.1, 0.15) is 36.8 Å². The second-order valence-electron chi connectivity index (χ2n) is 6.84. The average Bonchev–Trinajstić information content (AvgIpc) is 2.58. The van der Waals surface area contributed by atoms with Crippen molar-refractivity contribution < 1.29 is 18.0 Å². The van der Waals surface area contributed by atoms with Gasteiger partial charge >= 0.3 is 6.18 Å². The number of nitriles is 1. The molecule has 2 heterocycles. The summed E-state index contributed by atoms with van der Waals surface area (Å²) in [7, 11) is 0. The average molecular weight is 361 g/mol. The number of piperidine rings is 1. The first-order valence-corrected chi connectivity index (χ1v) is 8.40. The molecule has 1 aliphatic heterocycles. The van der Waals surface area contributed by atoms with E-state index in [4.69, 9.17) is 0 Å². The van der Waals surface area contributed by atoms with Crippen LogP contribution in [0.3, 0.4) is 0 Å². The number of amides is 1. The van der Waals surface area contributed by atoms with Crippen molar-refractivity contribution in [2.45, 2.75) is 31.9 Å². The van der Waals surface area contributed by atoms with Gasteiger partial charge in [-0.15, -0.1) is 0 Å². The van der Waals surface area contributed by atoms with Crippen LogP contribution in [0.4, 0.5) is 13.2 Å². The summed E-state index contributed by atoms with van der Waals surface area (Å²) in [6.07, 6.45) is -3.55. The normalized spacial score (nSPS) is 20.8. The number of rotatable bonds is 2. The summed E-state index contributed by atoms with van der Waals surface area (Å²) >= 11 is 0. The highest BCUT2D eigenvalue weighted by atomic mass is 19.4. The SMILES string of the molecule is CC1C[C@@H](c2ccc(C#N)c3ncccc23)CN(C(=O)CC(F)(F)F)C1. The maximum atomic E-state index is 12.6. The van der Waals surface area contributed by atoms with Crippen molar-refractivity contribution >= 4 is 16.8 Å². The number of halogens is 3. The fourth-order valence-electron chi connectivity index (χ4n) is 3.70. The molecule has 1 aliphatic rings. The molecule has 1 aromatic heterocycles. The van der Waals surface area contributed by atoms with E-state index in [1.807, 2.05) is 19.1 Å². The van der Waals surface area contributed by atoms with Crippen molar-refractivity contribution in [2.75, 3.05) is 13.1 Å². The predicted molar refractivity (Wildman–Crippen MR) is 90.2 cm³/mol. The molecule has 0 spiro atoms. The Labute approximate surface area is 149 Å². The van der Waals surface area contributed by atoms with Crippen molar-refractivity contribution in [3.63, 3.8) is 0 Å². The topological polar surface area (TPSA) is 57.0 Å². The van der Waals surface area contributed by atoms with Gasteiger partial charge in [-0.05, 0) is 30.0 Å². The van der Waals surface area contributed by atoms with Crippen molar-refractivity contribution in [1.82, 2.24) is 9.88 Å². The predicted octanol–water partition coefficient (Wildman–Crippen LogP) is 4.01. The standard InChI is InChI=1S/C19H18F3N3O/c1-12-7-14(11-25(10-12)17(26)8-19(20,21)22)15-5-4-13(9-23)18-16(15)3-2-6-24-18/h2-6,12,14H,7-8,10-11H2,1H3/t12?,14-/m1/s1. The van der Waals surface area contributed by atoms with Crippen LogP contribution in [0.2, 0.25) is 0 Å². The van der Waals surface area contributed by atoms with E-state index < -0.39 is 18.5 Å². The first kappa shape index (κ1) is 18.2. The molecule has 1 aromatic carbocycles. The molecule has 4 nitrogen and oxygen atoms in total. The van der Waals surface area contributed by atoms with E-state index in [1.165, 1.54) is 4.90 Å². The molecule has 0 bridgehead atoms. The maximum Gasteiger partial charge on any atom is 0.397 e. The molecule has 3 rings (SSSR count). The number of hydrogen-bond donors (Lipinski definition) is 0. The molecule has 2 aromatic rings. The Morgan fingerprint density at radius 2 is 2.12 bits per heavy atom. The number of fused-ring (bicyclic) bond motifs is 1. The summed E-state index contributed by atoms with van der Waals surface area (Å²) in [6.45, 7) is 2.51. The van der Waals surface area contributed by atoms with Gasteiger partial charge in [-0.1, -0.05) is 19.1 Å². The molecule has 0 radical (unpaired) electrons. The molecule has 7 heteroatoms. The van der Waals surface area contributed by atoms with Gasteiger partial charge in [0.1, 0.15) is 12.5 Å². The summed E-state index contributed by atoms with van der Waals surface area (Å²) in [5, 5.41) is 10.1. The minimum absolute atomic E-state index is 0.0876. The molecule has 1 unspecified atom stereocenters. The third-order valence-corrected chi connectivity index (χ3v) is 4.73. The van der Waals surface area contributed by atoms with Gasteiger partial charge in [0.2, 0.25) is 5.91 Å². The van der Waals surface area contributed by atoms with E-state index in [1.54, 1.807) is 18.3 Å². The number of carbonyl (C=O) groups is 1. The van der Waals surface area contributed by atoms with Crippen LogP contribution in [0, 0.1) is 17.2 Å². The van der Waals surface area contributed by atoms with Gasteiger partial charge in [-0.2, -0.15) is 18.4 Å². The van der Waals surface area contributed by atoms with Crippen LogP contribution in [0.15, 0.2) is 30.5 Å². The van der Waals surface area contributed by atoms with Crippen molar-refractivity contribution in [2.24, 2.45) is 5.92 Å². The van der Waals surface area contributed by atoms with E-state index in [0.717, 1.165) is 17.4 Å². The zero-order chi connectivity index (χ0) is 18.9. The molecule has 1 fully saturated rings. The van der Waals surface area contributed by atoms with Crippen LogP contribution >= 0.6 is 0 Å². The van der Waals surface area contributed by atoms with E-state index in [0.29, 0.717) is 17.6 Å². The highest BCUT2D eigenvalue weighted by molar-refractivity contribution is 5.87. The first-order valence-electron chi connectivity index (χ1n) is 8.40. The van der Waals surface area contributed by atoms with E-state index >= 15 is 0 Å². The summed E-state index contributed by atoms with van der Waals surface area (Å²) in [5.41, 5.74) is 1.96. The third-order valence-electron chi connectivity index (χ3n) is 4.73. The van der Waals surface area contributed by atoms with Gasteiger partial charge in [0.15, 0.2) is 0 Å². The quantitative estimate of drug-likeness (QED) is 0.812. The lowest BCUT2D eigenvalue weighted by Gasteiger charge is -2.37. The highest BCUT2D eigenvalue weighted by Gasteiger charge is 2.36. The number of likely N-dealkylation sites (tertiary alicyclic amines) is 1. The molecule has 0 N–H and O–H groups in total. The summed E-state index contributed by atoms with van der Waals surface area (Å²) in [6, 6.07) is 9.26. The molecule has 1 amide bonds. The molecule has 0 saturated carbocycles. The number of benzene rings is 1. The smallest absolute Gasteiger partial charge is 0.342 e. The molecular weight excluding hydrogens is 343 g/mol. The van der Waals surface area contributed by atoms with Crippen LogP contribution in [-0.4, -0.2) is 35.1 Å². The van der Waals surface area contributed by atoms with Crippen LogP contribution < -0.4 is 0 Å². The molecular formula is C19H18F3N3O. The van der Waals surface area contributed by atoms with Crippen molar-refractivity contribution in [3.05, 3.63) is 41.6 Å². The van der Waals surface area contributed by atoms with Gasteiger partial charge in [0.05, 0.1) is 11.1 Å². The number of nitrogens with zero attached hydrogens (tertiary/aromatic N) is 3. The Morgan fingerprint density at radius 3 is 2.81 bits per heavy atom. The second-order valence-corrected chi connectivity index (χ2v) is 6.84. The lowest BCUT2D eigenvalue weighted by Crippen LogP contribution is -2.43. The van der Waals surface area contributed by atoms with Crippen LogP contribution in [0.25, 0.3) is 10.9 Å². The Morgan fingerprint density at radius 1 is 1.35 bits per heavy atom. The van der Waals surface area contributed by atoms with E-state index in [-0.39, 0.29) is 18.4 Å². The number of alkyl halides is 3. The number of aromatic nitrogens is 1. The van der Waals surface area contributed by atoms with Gasteiger partial charge in [0.25, 0.3) is 0 Å².